The van der Waals surface area contributed by atoms with Crippen LogP contribution in [0.25, 0.3) is 0 Å². The van der Waals surface area contributed by atoms with E-state index in [0.29, 0.717) is 19.5 Å². The van der Waals surface area contributed by atoms with Crippen LogP contribution >= 0.6 is 0 Å². The summed E-state index contributed by atoms with van der Waals surface area (Å²) in [4.78, 5) is 46.1. The molecule has 0 bridgehead atoms. The monoisotopic (exact) mass is 281 g/mol. The van der Waals surface area contributed by atoms with Crippen LogP contribution in [0.3, 0.4) is 0 Å². The topological polar surface area (TPSA) is 95.6 Å². The van der Waals surface area contributed by atoms with E-state index in [4.69, 9.17) is 0 Å². The smallest absolute Gasteiger partial charge is 0.253 e. The van der Waals surface area contributed by atoms with Crippen LogP contribution in [0.4, 0.5) is 0 Å². The van der Waals surface area contributed by atoms with Gasteiger partial charge in [-0.15, -0.1) is 0 Å². The summed E-state index contributed by atoms with van der Waals surface area (Å²) in [5.41, 5.74) is 0. The third-order valence-corrected chi connectivity index (χ3v) is 2.71. The van der Waals surface area contributed by atoms with Gasteiger partial charge in [0.2, 0.25) is 11.8 Å². The molecule has 7 heteroatoms. The lowest BCUT2D eigenvalue weighted by molar-refractivity contribution is -0.137. The first-order chi connectivity index (χ1) is 9.54. The summed E-state index contributed by atoms with van der Waals surface area (Å²) in [6, 6.07) is 0. The summed E-state index contributed by atoms with van der Waals surface area (Å²) in [5.74, 6) is -1.09. The van der Waals surface area contributed by atoms with E-state index in [9.17, 15) is 19.2 Å². The highest BCUT2D eigenvalue weighted by Gasteiger charge is 2.23. The third kappa shape index (κ3) is 5.21. The maximum absolute atomic E-state index is 11.5. The lowest BCUT2D eigenvalue weighted by Gasteiger charge is -2.13. The molecule has 1 rings (SSSR count). The Balaban J connectivity index is 2.11. The zero-order chi connectivity index (χ0) is 15.0. The van der Waals surface area contributed by atoms with Crippen LogP contribution in [-0.2, 0) is 19.2 Å². The van der Waals surface area contributed by atoms with Gasteiger partial charge in [-0.25, -0.2) is 0 Å². The van der Waals surface area contributed by atoms with Crippen molar-refractivity contribution in [3.8, 4) is 0 Å². The Labute approximate surface area is 117 Å². The molecular formula is C13H19N3O4. The number of carbonyl (C=O) groups is 4. The van der Waals surface area contributed by atoms with E-state index in [1.807, 2.05) is 6.92 Å². The van der Waals surface area contributed by atoms with Crippen molar-refractivity contribution < 1.29 is 19.2 Å². The normalized spacial score (nSPS) is 13.8. The van der Waals surface area contributed by atoms with Crippen LogP contribution < -0.4 is 10.6 Å². The van der Waals surface area contributed by atoms with Crippen molar-refractivity contribution in [2.24, 2.45) is 0 Å². The van der Waals surface area contributed by atoms with E-state index in [-0.39, 0.29) is 24.8 Å². The average molecular weight is 281 g/mol. The summed E-state index contributed by atoms with van der Waals surface area (Å²) >= 11 is 0. The minimum absolute atomic E-state index is 0.0407. The molecule has 1 aliphatic rings. The highest BCUT2D eigenvalue weighted by Crippen LogP contribution is 2.03. The summed E-state index contributed by atoms with van der Waals surface area (Å²) < 4.78 is 0. The maximum atomic E-state index is 11.5. The predicted molar refractivity (Wildman–Crippen MR) is 71.4 cm³/mol. The lowest BCUT2D eigenvalue weighted by Crippen LogP contribution is -2.37. The molecule has 1 heterocycles. The SMILES string of the molecule is CCCC(=O)NCCNC(=O)CCN1C(=O)C=CC1=O. The van der Waals surface area contributed by atoms with Gasteiger partial charge in [-0.05, 0) is 6.42 Å². The first kappa shape index (κ1) is 15.9. The van der Waals surface area contributed by atoms with Gasteiger partial charge in [-0.1, -0.05) is 6.92 Å². The van der Waals surface area contributed by atoms with Crippen molar-refractivity contribution in [1.82, 2.24) is 15.5 Å². The maximum Gasteiger partial charge on any atom is 0.253 e. The molecule has 4 amide bonds. The van der Waals surface area contributed by atoms with Crippen molar-refractivity contribution >= 4 is 23.6 Å². The number of nitrogens with one attached hydrogen (secondary N) is 2. The quantitative estimate of drug-likeness (QED) is 0.456. The van der Waals surface area contributed by atoms with Gasteiger partial charge in [0, 0.05) is 44.6 Å². The summed E-state index contributed by atoms with van der Waals surface area (Å²) in [6.07, 6.45) is 3.68. The molecular weight excluding hydrogens is 262 g/mol. The largest absolute Gasteiger partial charge is 0.354 e. The fourth-order valence-corrected chi connectivity index (χ4v) is 1.67. The molecule has 1 aliphatic heterocycles. The molecule has 20 heavy (non-hydrogen) atoms. The number of hydrogen-bond donors (Lipinski definition) is 2. The molecule has 0 aromatic carbocycles. The Morgan fingerprint density at radius 1 is 1.00 bits per heavy atom. The van der Waals surface area contributed by atoms with E-state index in [0.717, 1.165) is 11.3 Å². The summed E-state index contributed by atoms with van der Waals surface area (Å²) in [7, 11) is 0. The predicted octanol–water partition coefficient (Wildman–Crippen LogP) is -0.666. The summed E-state index contributed by atoms with van der Waals surface area (Å²) in [6.45, 7) is 2.68. The van der Waals surface area contributed by atoms with Crippen molar-refractivity contribution in [1.29, 1.82) is 0 Å². The molecule has 0 aromatic rings. The van der Waals surface area contributed by atoms with E-state index < -0.39 is 11.8 Å². The molecule has 0 saturated carbocycles. The van der Waals surface area contributed by atoms with E-state index in [1.54, 1.807) is 0 Å². The molecule has 0 aromatic heterocycles. The Morgan fingerprint density at radius 2 is 1.50 bits per heavy atom. The van der Waals surface area contributed by atoms with Crippen molar-refractivity contribution in [3.05, 3.63) is 12.2 Å². The van der Waals surface area contributed by atoms with Crippen LogP contribution in [-0.4, -0.2) is 48.2 Å². The Morgan fingerprint density at radius 3 is 2.00 bits per heavy atom. The fraction of sp³-hybridized carbons (Fsp3) is 0.538. The van der Waals surface area contributed by atoms with Crippen LogP contribution in [0.1, 0.15) is 26.2 Å². The number of rotatable bonds is 8. The van der Waals surface area contributed by atoms with Crippen molar-refractivity contribution in [2.75, 3.05) is 19.6 Å². The highest BCUT2D eigenvalue weighted by molar-refractivity contribution is 6.13. The molecule has 0 saturated heterocycles. The van der Waals surface area contributed by atoms with Gasteiger partial charge in [0.05, 0.1) is 0 Å². The minimum atomic E-state index is -0.394. The second-order valence-corrected chi connectivity index (χ2v) is 4.36. The molecule has 0 aliphatic carbocycles. The minimum Gasteiger partial charge on any atom is -0.354 e. The van der Waals surface area contributed by atoms with Crippen LogP contribution in [0.5, 0.6) is 0 Å². The van der Waals surface area contributed by atoms with Crippen molar-refractivity contribution in [2.45, 2.75) is 26.2 Å². The van der Waals surface area contributed by atoms with Gasteiger partial charge in [-0.2, -0.15) is 0 Å². The van der Waals surface area contributed by atoms with Crippen molar-refractivity contribution in [3.63, 3.8) is 0 Å². The first-order valence-corrected chi connectivity index (χ1v) is 6.61. The second kappa shape index (κ2) is 8.08. The molecule has 0 spiro atoms. The van der Waals surface area contributed by atoms with E-state index in [1.165, 1.54) is 12.2 Å². The zero-order valence-electron chi connectivity index (χ0n) is 11.5. The molecule has 110 valence electrons. The number of nitrogens with zero attached hydrogens (tertiary/aromatic N) is 1. The van der Waals surface area contributed by atoms with E-state index >= 15 is 0 Å². The third-order valence-electron chi connectivity index (χ3n) is 2.71. The van der Waals surface area contributed by atoms with Crippen LogP contribution in [0.15, 0.2) is 12.2 Å². The fourth-order valence-electron chi connectivity index (χ4n) is 1.67. The molecule has 0 atom stereocenters. The summed E-state index contributed by atoms with van der Waals surface area (Å²) in [5, 5.41) is 5.28. The molecule has 0 radical (unpaired) electrons. The second-order valence-electron chi connectivity index (χ2n) is 4.36. The number of carbonyl (C=O) groups excluding carboxylic acids is 4. The van der Waals surface area contributed by atoms with Gasteiger partial charge >= 0.3 is 0 Å². The van der Waals surface area contributed by atoms with Crippen LogP contribution in [0, 0.1) is 0 Å². The highest BCUT2D eigenvalue weighted by atomic mass is 16.2. The first-order valence-electron chi connectivity index (χ1n) is 6.61. The van der Waals surface area contributed by atoms with Gasteiger partial charge in [0.1, 0.15) is 0 Å². The van der Waals surface area contributed by atoms with Gasteiger partial charge < -0.3 is 10.6 Å². The van der Waals surface area contributed by atoms with Gasteiger partial charge in [0.15, 0.2) is 0 Å². The lowest BCUT2D eigenvalue weighted by atomic mass is 10.3. The standard InChI is InChI=1S/C13H19N3O4/c1-2-3-10(17)14-7-8-15-11(18)6-9-16-12(19)4-5-13(16)20/h4-5H,2-3,6-9H2,1H3,(H,14,17)(H,15,18). The zero-order valence-corrected chi connectivity index (χ0v) is 11.5. The molecule has 7 nitrogen and oxygen atoms in total. The molecule has 2 N–H and O–H groups in total. The van der Waals surface area contributed by atoms with Gasteiger partial charge in [0.25, 0.3) is 11.8 Å². The Hall–Kier alpha value is -2.18. The number of amides is 4. The number of imide groups is 1. The average Bonchev–Trinajstić information content (AvgIpc) is 2.72. The number of hydrogen-bond acceptors (Lipinski definition) is 4. The Kier molecular flexibility index (Phi) is 6.42. The van der Waals surface area contributed by atoms with E-state index in [2.05, 4.69) is 10.6 Å². The molecule has 0 unspecified atom stereocenters. The molecule has 0 fully saturated rings. The Bertz CT molecular complexity index is 413. The van der Waals surface area contributed by atoms with Crippen LogP contribution in [0.2, 0.25) is 0 Å². The van der Waals surface area contributed by atoms with Gasteiger partial charge in [-0.3, -0.25) is 24.1 Å².